The lowest BCUT2D eigenvalue weighted by Crippen LogP contribution is -2.50. The van der Waals surface area contributed by atoms with Crippen LogP contribution in [-0.2, 0) is 4.79 Å². The van der Waals surface area contributed by atoms with Crippen molar-refractivity contribution in [1.82, 2.24) is 0 Å². The van der Waals surface area contributed by atoms with Crippen molar-refractivity contribution in [1.29, 1.82) is 0 Å². The van der Waals surface area contributed by atoms with Crippen molar-refractivity contribution in [2.24, 2.45) is 46.3 Å². The highest BCUT2D eigenvalue weighted by atomic mass is 16.3. The highest BCUT2D eigenvalue weighted by molar-refractivity contribution is 5.62. The van der Waals surface area contributed by atoms with E-state index in [4.69, 9.17) is 0 Å². The molecule has 0 unspecified atom stereocenters. The molecule has 3 fully saturated rings. The minimum Gasteiger partial charge on any atom is -0.393 e. The van der Waals surface area contributed by atoms with Gasteiger partial charge in [0, 0.05) is 0 Å². The van der Waals surface area contributed by atoms with Gasteiger partial charge in [0.1, 0.15) is 5.60 Å². The molecule has 0 heterocycles. The molecule has 176 valence electrons. The first-order chi connectivity index (χ1) is 14.5. The van der Waals surface area contributed by atoms with E-state index >= 15 is 0 Å². The number of aliphatic hydroxyl groups is 2. The van der Waals surface area contributed by atoms with Crippen LogP contribution in [0.15, 0.2) is 11.6 Å². The lowest BCUT2D eigenvalue weighted by molar-refractivity contribution is -0.130. The lowest BCUT2D eigenvalue weighted by Gasteiger charge is -2.58. The average Bonchev–Trinajstić information content (AvgIpc) is 3.09. The van der Waals surface area contributed by atoms with Gasteiger partial charge in [-0.25, -0.2) is 0 Å². The second-order valence-electron chi connectivity index (χ2n) is 12.7. The molecule has 2 N–H and O–H groups in total. The summed E-state index contributed by atoms with van der Waals surface area (Å²) in [4.78, 5) is 11.5. The van der Waals surface area contributed by atoms with Crippen LogP contribution in [0.1, 0.15) is 98.8 Å². The van der Waals surface area contributed by atoms with Gasteiger partial charge in [0.2, 0.25) is 0 Å². The third kappa shape index (κ3) is 3.76. The van der Waals surface area contributed by atoms with Crippen LogP contribution in [-0.4, -0.2) is 28.2 Å². The quantitative estimate of drug-likeness (QED) is 0.406. The summed E-state index contributed by atoms with van der Waals surface area (Å²) in [6.45, 7) is 11.3. The van der Waals surface area contributed by atoms with Crippen LogP contribution in [0.2, 0.25) is 0 Å². The van der Waals surface area contributed by atoms with Gasteiger partial charge in [-0.1, -0.05) is 46.3 Å². The van der Waals surface area contributed by atoms with E-state index in [-0.39, 0.29) is 12.0 Å². The molecule has 4 aliphatic rings. The van der Waals surface area contributed by atoms with Gasteiger partial charge >= 0.3 is 0 Å². The first kappa shape index (κ1) is 23.5. The van der Waals surface area contributed by atoms with Gasteiger partial charge in [-0.3, -0.25) is 0 Å². The molecule has 0 spiro atoms. The number of carbonyl (C=O) groups excluding carboxylic acids is 1. The molecule has 4 rings (SSSR count). The maximum absolute atomic E-state index is 11.5. The minimum atomic E-state index is -1.17. The Kier molecular flexibility index (Phi) is 6.27. The summed E-state index contributed by atoms with van der Waals surface area (Å²) >= 11 is 0. The van der Waals surface area contributed by atoms with Gasteiger partial charge in [-0.05, 0) is 111 Å². The number of rotatable bonds is 6. The third-order valence-electron chi connectivity index (χ3n) is 11.0. The molecule has 0 radical (unpaired) electrons. The summed E-state index contributed by atoms with van der Waals surface area (Å²) in [5.74, 6) is 3.60. The molecule has 4 aliphatic carbocycles. The zero-order valence-electron chi connectivity index (χ0n) is 20.6. The highest BCUT2D eigenvalue weighted by Gasteiger charge is 2.59. The molecule has 3 heteroatoms. The maximum atomic E-state index is 11.5. The monoisotopic (exact) mass is 430 g/mol. The second-order valence-corrected chi connectivity index (χ2v) is 12.7. The fraction of sp³-hybridized carbons (Fsp3) is 0.893. The van der Waals surface area contributed by atoms with Gasteiger partial charge in [0.15, 0.2) is 6.29 Å². The molecule has 0 bridgehead atoms. The van der Waals surface area contributed by atoms with E-state index in [1.807, 2.05) is 13.8 Å². The van der Waals surface area contributed by atoms with E-state index in [1.54, 1.807) is 5.57 Å². The van der Waals surface area contributed by atoms with Crippen molar-refractivity contribution in [2.75, 3.05) is 0 Å². The van der Waals surface area contributed by atoms with Crippen molar-refractivity contribution in [3.63, 3.8) is 0 Å². The van der Waals surface area contributed by atoms with Gasteiger partial charge in [-0.15, -0.1) is 0 Å². The molecule has 0 amide bonds. The Morgan fingerprint density at radius 3 is 2.55 bits per heavy atom. The molecular weight excluding hydrogens is 384 g/mol. The average molecular weight is 431 g/mol. The van der Waals surface area contributed by atoms with Gasteiger partial charge in [0.25, 0.3) is 0 Å². The smallest absolute Gasteiger partial charge is 0.151 e. The first-order valence-corrected chi connectivity index (χ1v) is 13.1. The van der Waals surface area contributed by atoms with Crippen LogP contribution in [0, 0.1) is 46.3 Å². The van der Waals surface area contributed by atoms with Crippen LogP contribution in [0.3, 0.4) is 0 Å². The van der Waals surface area contributed by atoms with Gasteiger partial charge < -0.3 is 15.0 Å². The van der Waals surface area contributed by atoms with E-state index in [9.17, 15) is 15.0 Å². The molecular formula is C28H46O3. The topological polar surface area (TPSA) is 57.5 Å². The minimum absolute atomic E-state index is 0.0301. The highest BCUT2D eigenvalue weighted by Crippen LogP contribution is 2.67. The fourth-order valence-corrected chi connectivity index (χ4v) is 8.76. The number of aldehydes is 1. The van der Waals surface area contributed by atoms with E-state index in [0.29, 0.717) is 29.1 Å². The Bertz CT molecular complexity index is 713. The Labute approximate surface area is 190 Å². The number of allylic oxidation sites excluding steroid dienone is 1. The molecule has 9 atom stereocenters. The summed E-state index contributed by atoms with van der Waals surface area (Å²) in [5, 5.41) is 20.9. The SMILES string of the molecule is CC(C)[C@](O)(C=O)CC[C@H](C)[C@H]1CC[C@@H]2[C@H]3CC=C4C[C@@H](O)CC[C@@]4(C)[C@@H]3CC[C@]21C. The number of hydrogen-bond acceptors (Lipinski definition) is 3. The molecule has 0 saturated heterocycles. The van der Waals surface area contributed by atoms with Crippen LogP contribution in [0.25, 0.3) is 0 Å². The van der Waals surface area contributed by atoms with E-state index in [2.05, 4.69) is 26.8 Å². The number of hydrogen-bond donors (Lipinski definition) is 2. The van der Waals surface area contributed by atoms with Gasteiger partial charge in [0.05, 0.1) is 6.10 Å². The Morgan fingerprint density at radius 2 is 1.87 bits per heavy atom. The second kappa shape index (κ2) is 8.28. The lowest BCUT2D eigenvalue weighted by atomic mass is 9.47. The summed E-state index contributed by atoms with van der Waals surface area (Å²) in [6.07, 6.45) is 14.2. The molecule has 0 aliphatic heterocycles. The standard InChI is InChI=1S/C28H46O3/c1-18(2)28(31,17-29)15-10-19(3)23-8-9-24-22-7-6-20-16-21(30)11-13-26(20,4)25(22)12-14-27(23,24)5/h6,17-19,21-25,30-31H,7-16H2,1-5H3/t19-,21-,22+,23+,24+,25+,26+,27-,28+/m0/s1. The van der Waals surface area contributed by atoms with E-state index in [0.717, 1.165) is 49.7 Å². The van der Waals surface area contributed by atoms with Crippen LogP contribution >= 0.6 is 0 Å². The first-order valence-electron chi connectivity index (χ1n) is 13.1. The largest absolute Gasteiger partial charge is 0.393 e. The molecule has 0 aromatic carbocycles. The summed E-state index contributed by atoms with van der Waals surface area (Å²) in [5.41, 5.74) is 1.09. The zero-order chi connectivity index (χ0) is 22.6. The van der Waals surface area contributed by atoms with Gasteiger partial charge in [-0.2, -0.15) is 0 Å². The zero-order valence-corrected chi connectivity index (χ0v) is 20.6. The summed E-state index contributed by atoms with van der Waals surface area (Å²) in [7, 11) is 0. The fourth-order valence-electron chi connectivity index (χ4n) is 8.76. The van der Waals surface area contributed by atoms with Crippen LogP contribution in [0.5, 0.6) is 0 Å². The predicted molar refractivity (Wildman–Crippen MR) is 125 cm³/mol. The number of carbonyl (C=O) groups is 1. The Balaban J connectivity index is 1.49. The van der Waals surface area contributed by atoms with Crippen molar-refractivity contribution in [3.05, 3.63) is 11.6 Å². The van der Waals surface area contributed by atoms with Crippen molar-refractivity contribution in [2.45, 2.75) is 111 Å². The van der Waals surface area contributed by atoms with Crippen LogP contribution in [0.4, 0.5) is 0 Å². The maximum Gasteiger partial charge on any atom is 0.151 e. The number of fused-ring (bicyclic) bond motifs is 5. The van der Waals surface area contributed by atoms with E-state index < -0.39 is 5.60 Å². The Morgan fingerprint density at radius 1 is 1.13 bits per heavy atom. The summed E-state index contributed by atoms with van der Waals surface area (Å²) < 4.78 is 0. The summed E-state index contributed by atoms with van der Waals surface area (Å²) in [6, 6.07) is 0. The molecule has 3 nitrogen and oxygen atoms in total. The van der Waals surface area contributed by atoms with Crippen molar-refractivity contribution >= 4 is 6.29 Å². The third-order valence-corrected chi connectivity index (χ3v) is 11.0. The van der Waals surface area contributed by atoms with Crippen molar-refractivity contribution in [3.8, 4) is 0 Å². The molecule has 0 aromatic rings. The molecule has 0 aromatic heterocycles. The van der Waals surface area contributed by atoms with Crippen molar-refractivity contribution < 1.29 is 15.0 Å². The predicted octanol–water partition coefficient (Wildman–Crippen LogP) is 5.93. The molecule has 31 heavy (non-hydrogen) atoms. The molecule has 3 saturated carbocycles. The normalized spacial score (nSPS) is 45.2. The van der Waals surface area contributed by atoms with Crippen LogP contribution < -0.4 is 0 Å². The Hall–Kier alpha value is -0.670. The number of aliphatic hydroxyl groups excluding tert-OH is 1. The van der Waals surface area contributed by atoms with E-state index in [1.165, 1.54) is 32.1 Å².